The molecular formula is C8H10N2O. The minimum absolute atomic E-state index is 0.286. The van der Waals surface area contributed by atoms with Crippen molar-refractivity contribution in [3.05, 3.63) is 17.5 Å². The molecule has 1 N–H and O–H groups in total. The molecule has 0 amide bonds. The quantitative estimate of drug-likeness (QED) is 0.645. The highest BCUT2D eigenvalue weighted by atomic mass is 16.1. The highest BCUT2D eigenvalue weighted by Gasteiger charge is 2.40. The first-order chi connectivity index (χ1) is 5.24. The molecule has 0 bridgehead atoms. The van der Waals surface area contributed by atoms with E-state index < -0.39 is 0 Å². The van der Waals surface area contributed by atoms with Crippen LogP contribution >= 0.6 is 0 Å². The van der Waals surface area contributed by atoms with Gasteiger partial charge in [-0.3, -0.25) is 9.89 Å². The van der Waals surface area contributed by atoms with Crippen molar-refractivity contribution >= 4 is 6.29 Å². The van der Waals surface area contributed by atoms with Gasteiger partial charge >= 0.3 is 0 Å². The third-order valence-electron chi connectivity index (χ3n) is 2.37. The first kappa shape index (κ1) is 6.58. The maximum absolute atomic E-state index is 10.3. The summed E-state index contributed by atoms with van der Waals surface area (Å²) < 4.78 is 0. The van der Waals surface area contributed by atoms with Gasteiger partial charge in [0.25, 0.3) is 0 Å². The fourth-order valence-corrected chi connectivity index (χ4v) is 1.16. The maximum Gasteiger partial charge on any atom is 0.170 e. The number of aromatic nitrogens is 2. The third-order valence-corrected chi connectivity index (χ3v) is 2.37. The van der Waals surface area contributed by atoms with Crippen LogP contribution in [-0.4, -0.2) is 16.5 Å². The van der Waals surface area contributed by atoms with E-state index in [-0.39, 0.29) is 5.41 Å². The average Bonchev–Trinajstić information content (AvgIpc) is 2.61. The summed E-state index contributed by atoms with van der Waals surface area (Å²) in [6.07, 6.45) is 3.17. The molecule has 1 fully saturated rings. The number of nitrogens with zero attached hydrogens (tertiary/aromatic N) is 1. The number of nitrogens with one attached hydrogen (secondary N) is 1. The molecule has 1 aliphatic carbocycles. The molecule has 1 aliphatic rings. The molecular weight excluding hydrogens is 140 g/mol. The normalized spacial score (nSPS) is 19.7. The van der Waals surface area contributed by atoms with Gasteiger partial charge in [0.2, 0.25) is 0 Å². The van der Waals surface area contributed by atoms with E-state index >= 15 is 0 Å². The summed E-state index contributed by atoms with van der Waals surface area (Å²) in [7, 11) is 0. The van der Waals surface area contributed by atoms with Gasteiger partial charge in [-0.05, 0) is 18.9 Å². The van der Waals surface area contributed by atoms with E-state index in [0.29, 0.717) is 5.69 Å². The Labute approximate surface area is 64.8 Å². The second-order valence-electron chi connectivity index (χ2n) is 3.38. The third kappa shape index (κ3) is 0.964. The van der Waals surface area contributed by atoms with E-state index in [9.17, 15) is 4.79 Å². The summed E-state index contributed by atoms with van der Waals surface area (Å²) in [6.45, 7) is 2.18. The largest absolute Gasteiger partial charge is 0.296 e. The zero-order chi connectivity index (χ0) is 7.90. The van der Waals surface area contributed by atoms with Crippen LogP contribution in [-0.2, 0) is 5.41 Å². The van der Waals surface area contributed by atoms with Crippen LogP contribution in [0.3, 0.4) is 0 Å². The van der Waals surface area contributed by atoms with Crippen LogP contribution in [0, 0.1) is 0 Å². The molecule has 1 heterocycles. The Hall–Kier alpha value is -1.12. The maximum atomic E-state index is 10.3. The van der Waals surface area contributed by atoms with Gasteiger partial charge in [0.1, 0.15) is 5.69 Å². The molecule has 0 radical (unpaired) electrons. The summed E-state index contributed by atoms with van der Waals surface area (Å²) in [5.41, 5.74) is 1.89. The number of carbonyl (C=O) groups excluding carboxylic acids is 1. The van der Waals surface area contributed by atoms with E-state index in [2.05, 4.69) is 17.1 Å². The van der Waals surface area contributed by atoms with Crippen LogP contribution < -0.4 is 0 Å². The first-order valence-corrected chi connectivity index (χ1v) is 3.76. The van der Waals surface area contributed by atoms with Crippen LogP contribution in [0.15, 0.2) is 6.07 Å². The molecule has 1 aromatic heterocycles. The van der Waals surface area contributed by atoms with Crippen molar-refractivity contribution in [3.8, 4) is 0 Å². The highest BCUT2D eigenvalue weighted by molar-refractivity contribution is 5.71. The topological polar surface area (TPSA) is 45.8 Å². The molecule has 3 heteroatoms. The van der Waals surface area contributed by atoms with Crippen molar-refractivity contribution in [1.82, 2.24) is 10.2 Å². The molecule has 0 unspecified atom stereocenters. The molecule has 1 saturated carbocycles. The van der Waals surface area contributed by atoms with Gasteiger partial charge in [0.15, 0.2) is 6.29 Å². The minimum atomic E-state index is 0.286. The summed E-state index contributed by atoms with van der Waals surface area (Å²) >= 11 is 0. The molecule has 0 aliphatic heterocycles. The van der Waals surface area contributed by atoms with Crippen LogP contribution in [0.4, 0.5) is 0 Å². The van der Waals surface area contributed by atoms with Gasteiger partial charge in [0.05, 0.1) is 0 Å². The number of carbonyl (C=O) groups is 1. The molecule has 2 rings (SSSR count). The molecule has 58 valence electrons. The van der Waals surface area contributed by atoms with Gasteiger partial charge in [-0.15, -0.1) is 0 Å². The zero-order valence-corrected chi connectivity index (χ0v) is 6.42. The number of hydrogen-bond donors (Lipinski definition) is 1. The minimum Gasteiger partial charge on any atom is -0.296 e. The fraction of sp³-hybridized carbons (Fsp3) is 0.500. The predicted molar refractivity (Wildman–Crippen MR) is 40.6 cm³/mol. The van der Waals surface area contributed by atoms with Crippen LogP contribution in [0.1, 0.15) is 35.9 Å². The van der Waals surface area contributed by atoms with Crippen LogP contribution in [0.25, 0.3) is 0 Å². The Kier molecular flexibility index (Phi) is 1.16. The molecule has 3 nitrogen and oxygen atoms in total. The number of rotatable bonds is 2. The molecule has 0 aromatic carbocycles. The summed E-state index contributed by atoms with van der Waals surface area (Å²) in [5, 5.41) is 6.73. The van der Waals surface area contributed by atoms with Crippen molar-refractivity contribution in [2.45, 2.75) is 25.2 Å². The van der Waals surface area contributed by atoms with Crippen LogP contribution in [0.5, 0.6) is 0 Å². The molecule has 0 spiro atoms. The van der Waals surface area contributed by atoms with Crippen molar-refractivity contribution in [2.24, 2.45) is 0 Å². The summed E-state index contributed by atoms with van der Waals surface area (Å²) in [5.74, 6) is 0. The smallest absolute Gasteiger partial charge is 0.170 e. The van der Waals surface area contributed by atoms with Crippen LogP contribution in [0.2, 0.25) is 0 Å². The van der Waals surface area contributed by atoms with Gasteiger partial charge in [0, 0.05) is 11.1 Å². The van der Waals surface area contributed by atoms with Gasteiger partial charge < -0.3 is 0 Å². The van der Waals surface area contributed by atoms with E-state index in [1.54, 1.807) is 0 Å². The monoisotopic (exact) mass is 150 g/mol. The number of aromatic amines is 1. The predicted octanol–water partition coefficient (Wildman–Crippen LogP) is 1.27. The first-order valence-electron chi connectivity index (χ1n) is 3.76. The Morgan fingerprint density at radius 3 is 2.91 bits per heavy atom. The van der Waals surface area contributed by atoms with E-state index in [1.165, 1.54) is 12.8 Å². The lowest BCUT2D eigenvalue weighted by molar-refractivity contribution is 0.111. The number of hydrogen-bond acceptors (Lipinski definition) is 2. The SMILES string of the molecule is CC1(c2cc(C=O)n[nH]2)CC1. The van der Waals surface area contributed by atoms with E-state index in [1.807, 2.05) is 6.07 Å². The van der Waals surface area contributed by atoms with E-state index in [0.717, 1.165) is 12.0 Å². The number of aldehydes is 1. The Balaban J connectivity index is 2.32. The summed E-state index contributed by atoms with van der Waals surface area (Å²) in [4.78, 5) is 10.3. The second kappa shape index (κ2) is 1.94. The zero-order valence-electron chi connectivity index (χ0n) is 6.42. The number of H-pyrrole nitrogens is 1. The van der Waals surface area contributed by atoms with Gasteiger partial charge in [-0.25, -0.2) is 0 Å². The summed E-state index contributed by atoms with van der Waals surface area (Å²) in [6, 6.07) is 1.83. The van der Waals surface area contributed by atoms with Crippen molar-refractivity contribution in [1.29, 1.82) is 0 Å². The lowest BCUT2D eigenvalue weighted by Crippen LogP contribution is -1.99. The molecule has 11 heavy (non-hydrogen) atoms. The fourth-order valence-electron chi connectivity index (χ4n) is 1.16. The Morgan fingerprint density at radius 1 is 1.73 bits per heavy atom. The lowest BCUT2D eigenvalue weighted by atomic mass is 10.1. The van der Waals surface area contributed by atoms with Crippen molar-refractivity contribution < 1.29 is 4.79 Å². The Morgan fingerprint density at radius 2 is 2.45 bits per heavy atom. The van der Waals surface area contributed by atoms with Gasteiger partial charge in [-0.1, -0.05) is 6.92 Å². The van der Waals surface area contributed by atoms with Gasteiger partial charge in [-0.2, -0.15) is 5.10 Å². The van der Waals surface area contributed by atoms with Crippen molar-refractivity contribution in [2.75, 3.05) is 0 Å². The molecule has 0 atom stereocenters. The second-order valence-corrected chi connectivity index (χ2v) is 3.38. The lowest BCUT2D eigenvalue weighted by Gasteiger charge is -2.00. The Bertz CT molecular complexity index is 286. The molecule has 1 aromatic rings. The average molecular weight is 150 g/mol. The van der Waals surface area contributed by atoms with E-state index in [4.69, 9.17) is 0 Å². The van der Waals surface area contributed by atoms with Crippen molar-refractivity contribution in [3.63, 3.8) is 0 Å². The highest BCUT2D eigenvalue weighted by Crippen LogP contribution is 2.46. The molecule has 0 saturated heterocycles. The standard InChI is InChI=1S/C8H10N2O/c1-8(2-3-8)7-4-6(5-11)9-10-7/h4-5H,2-3H2,1H3,(H,9,10).